The summed E-state index contributed by atoms with van der Waals surface area (Å²) in [5.74, 6) is 0.741. The molecule has 0 bridgehead atoms. The highest BCUT2D eigenvalue weighted by atomic mass is 15.2. The van der Waals surface area contributed by atoms with Crippen molar-refractivity contribution in [2.45, 2.75) is 13.5 Å². The minimum atomic E-state index is 0.526. The van der Waals surface area contributed by atoms with E-state index in [1.54, 1.807) is 6.07 Å². The van der Waals surface area contributed by atoms with Crippen LogP contribution < -0.4 is 5.32 Å². The fraction of sp³-hybridized carbons (Fsp3) is 0.182. The van der Waals surface area contributed by atoms with E-state index in [-0.39, 0.29) is 0 Å². The van der Waals surface area contributed by atoms with E-state index in [1.165, 1.54) is 6.33 Å². The minimum Gasteiger partial charge on any atom is -0.377 e. The number of aromatic nitrogens is 3. The average molecular weight is 213 g/mol. The zero-order chi connectivity index (χ0) is 11.4. The van der Waals surface area contributed by atoms with Crippen LogP contribution in [0.4, 0.5) is 5.69 Å². The van der Waals surface area contributed by atoms with E-state index < -0.39 is 0 Å². The fourth-order valence-electron chi connectivity index (χ4n) is 1.40. The predicted molar refractivity (Wildman–Crippen MR) is 59.6 cm³/mol. The van der Waals surface area contributed by atoms with Gasteiger partial charge in [0.1, 0.15) is 18.2 Å². The second-order valence-corrected chi connectivity index (χ2v) is 3.45. The van der Waals surface area contributed by atoms with Crippen molar-refractivity contribution in [3.8, 4) is 6.07 Å². The van der Waals surface area contributed by atoms with Crippen LogP contribution in [0.2, 0.25) is 0 Å². The van der Waals surface area contributed by atoms with Gasteiger partial charge in [0.2, 0.25) is 0 Å². The normalized spacial score (nSPS) is 9.75. The Bertz CT molecular complexity index is 510. The second kappa shape index (κ2) is 4.45. The summed E-state index contributed by atoms with van der Waals surface area (Å²) in [6.07, 6.45) is 1.46. The quantitative estimate of drug-likeness (QED) is 0.811. The fourth-order valence-corrected chi connectivity index (χ4v) is 1.40. The molecule has 5 heteroatoms. The molecule has 0 unspecified atom stereocenters. The summed E-state index contributed by atoms with van der Waals surface area (Å²) < 4.78 is 0. The van der Waals surface area contributed by atoms with E-state index in [1.807, 2.05) is 19.1 Å². The lowest BCUT2D eigenvalue weighted by Crippen LogP contribution is -2.03. The van der Waals surface area contributed by atoms with Crippen LogP contribution >= 0.6 is 0 Å². The number of aryl methyl sites for hydroxylation is 1. The average Bonchev–Trinajstić information content (AvgIpc) is 2.79. The molecule has 1 aromatic heterocycles. The number of nitriles is 1. The zero-order valence-corrected chi connectivity index (χ0v) is 8.86. The second-order valence-electron chi connectivity index (χ2n) is 3.45. The first-order valence-corrected chi connectivity index (χ1v) is 4.88. The van der Waals surface area contributed by atoms with Gasteiger partial charge in [0.05, 0.1) is 17.8 Å². The molecule has 2 aromatic rings. The molecule has 2 rings (SSSR count). The maximum absolute atomic E-state index is 8.94. The number of benzene rings is 1. The van der Waals surface area contributed by atoms with Crippen molar-refractivity contribution in [3.63, 3.8) is 0 Å². The molecule has 1 aromatic carbocycles. The lowest BCUT2D eigenvalue weighted by molar-refractivity contribution is 0.954. The van der Waals surface area contributed by atoms with Crippen molar-refractivity contribution < 1.29 is 0 Å². The highest BCUT2D eigenvalue weighted by Gasteiger charge is 2.02. The molecule has 16 heavy (non-hydrogen) atoms. The van der Waals surface area contributed by atoms with Gasteiger partial charge in [0.15, 0.2) is 0 Å². The van der Waals surface area contributed by atoms with Crippen LogP contribution in [0, 0.1) is 18.3 Å². The van der Waals surface area contributed by atoms with E-state index in [4.69, 9.17) is 5.26 Å². The Morgan fingerprint density at radius 1 is 1.50 bits per heavy atom. The molecule has 0 fully saturated rings. The van der Waals surface area contributed by atoms with Crippen molar-refractivity contribution in [1.82, 2.24) is 15.2 Å². The number of hydrogen-bond donors (Lipinski definition) is 2. The summed E-state index contributed by atoms with van der Waals surface area (Å²) in [4.78, 5) is 4.00. The van der Waals surface area contributed by atoms with E-state index in [2.05, 4.69) is 26.6 Å². The standard InChI is InChI=1S/C11H11N5/c1-8-2-3-9(5-12)10(4-8)13-6-11-14-7-15-16-11/h2-4,7,13H,6H2,1H3,(H,14,15,16). The minimum absolute atomic E-state index is 0.526. The Morgan fingerprint density at radius 2 is 2.38 bits per heavy atom. The molecule has 1 heterocycles. The molecule has 0 saturated heterocycles. The number of hydrogen-bond acceptors (Lipinski definition) is 4. The first-order valence-electron chi connectivity index (χ1n) is 4.88. The molecular weight excluding hydrogens is 202 g/mol. The third kappa shape index (κ3) is 2.17. The van der Waals surface area contributed by atoms with Gasteiger partial charge in [-0.2, -0.15) is 10.4 Å². The molecule has 0 amide bonds. The Hall–Kier alpha value is -2.35. The summed E-state index contributed by atoms with van der Waals surface area (Å²) in [5, 5.41) is 18.6. The van der Waals surface area contributed by atoms with Crippen molar-refractivity contribution >= 4 is 5.69 Å². The Kier molecular flexibility index (Phi) is 2.83. The predicted octanol–water partition coefficient (Wildman–Crippen LogP) is 1.60. The third-order valence-corrected chi connectivity index (χ3v) is 2.21. The first-order chi connectivity index (χ1) is 7.79. The van der Waals surface area contributed by atoms with Crippen molar-refractivity contribution in [2.75, 3.05) is 5.32 Å². The molecule has 0 radical (unpaired) electrons. The van der Waals surface area contributed by atoms with Gasteiger partial charge in [0.25, 0.3) is 0 Å². The van der Waals surface area contributed by atoms with E-state index >= 15 is 0 Å². The monoisotopic (exact) mass is 213 g/mol. The SMILES string of the molecule is Cc1ccc(C#N)c(NCc2ncn[nH]2)c1. The van der Waals surface area contributed by atoms with Crippen LogP contribution in [-0.4, -0.2) is 15.2 Å². The smallest absolute Gasteiger partial charge is 0.143 e. The Balaban J connectivity index is 2.15. The summed E-state index contributed by atoms with van der Waals surface area (Å²) in [7, 11) is 0. The molecule has 80 valence electrons. The van der Waals surface area contributed by atoms with Crippen molar-refractivity contribution in [1.29, 1.82) is 5.26 Å². The summed E-state index contributed by atoms with van der Waals surface area (Å²) >= 11 is 0. The van der Waals surface area contributed by atoms with Crippen LogP contribution in [0.15, 0.2) is 24.5 Å². The molecule has 0 aliphatic heterocycles. The number of nitrogens with one attached hydrogen (secondary N) is 2. The molecule has 0 spiro atoms. The lowest BCUT2D eigenvalue weighted by atomic mass is 10.1. The lowest BCUT2D eigenvalue weighted by Gasteiger charge is -2.07. The van der Waals surface area contributed by atoms with Crippen LogP contribution in [-0.2, 0) is 6.54 Å². The number of rotatable bonds is 3. The van der Waals surface area contributed by atoms with Gasteiger partial charge in [0, 0.05) is 0 Å². The van der Waals surface area contributed by atoms with E-state index in [0.717, 1.165) is 17.1 Å². The molecular formula is C11H11N5. The van der Waals surface area contributed by atoms with Crippen LogP contribution in [0.5, 0.6) is 0 Å². The van der Waals surface area contributed by atoms with Gasteiger partial charge in [-0.3, -0.25) is 5.10 Å². The van der Waals surface area contributed by atoms with Crippen molar-refractivity contribution in [3.05, 3.63) is 41.5 Å². The highest BCUT2D eigenvalue weighted by Crippen LogP contribution is 2.16. The molecule has 0 aliphatic carbocycles. The van der Waals surface area contributed by atoms with E-state index in [9.17, 15) is 0 Å². The van der Waals surface area contributed by atoms with Crippen LogP contribution in [0.1, 0.15) is 17.0 Å². The Morgan fingerprint density at radius 3 is 3.06 bits per heavy atom. The summed E-state index contributed by atoms with van der Waals surface area (Å²) in [6, 6.07) is 7.80. The molecule has 5 nitrogen and oxygen atoms in total. The van der Waals surface area contributed by atoms with Gasteiger partial charge >= 0.3 is 0 Å². The van der Waals surface area contributed by atoms with Gasteiger partial charge in [-0.15, -0.1) is 0 Å². The molecule has 0 aliphatic rings. The number of H-pyrrole nitrogens is 1. The Labute approximate surface area is 93.1 Å². The number of anilines is 1. The zero-order valence-electron chi connectivity index (χ0n) is 8.86. The third-order valence-electron chi connectivity index (χ3n) is 2.21. The van der Waals surface area contributed by atoms with E-state index in [0.29, 0.717) is 12.1 Å². The van der Waals surface area contributed by atoms with Gasteiger partial charge < -0.3 is 5.32 Å². The van der Waals surface area contributed by atoms with Gasteiger partial charge in [-0.05, 0) is 24.6 Å². The number of aromatic amines is 1. The topological polar surface area (TPSA) is 77.4 Å². The maximum atomic E-state index is 8.94. The molecule has 0 atom stereocenters. The summed E-state index contributed by atoms with van der Waals surface area (Å²) in [6.45, 7) is 2.51. The van der Waals surface area contributed by atoms with Crippen LogP contribution in [0.3, 0.4) is 0 Å². The van der Waals surface area contributed by atoms with Crippen LogP contribution in [0.25, 0.3) is 0 Å². The molecule has 2 N–H and O–H groups in total. The largest absolute Gasteiger partial charge is 0.377 e. The highest BCUT2D eigenvalue weighted by molar-refractivity contribution is 5.58. The van der Waals surface area contributed by atoms with Crippen molar-refractivity contribution in [2.24, 2.45) is 0 Å². The van der Waals surface area contributed by atoms with Gasteiger partial charge in [-0.1, -0.05) is 6.07 Å². The maximum Gasteiger partial charge on any atom is 0.143 e. The van der Waals surface area contributed by atoms with Gasteiger partial charge in [-0.25, -0.2) is 4.98 Å². The molecule has 0 saturated carbocycles. The first kappa shape index (κ1) is 10.2. The number of nitrogens with zero attached hydrogens (tertiary/aromatic N) is 3. The summed E-state index contributed by atoms with van der Waals surface area (Å²) in [5.41, 5.74) is 2.56.